The van der Waals surface area contributed by atoms with E-state index in [4.69, 9.17) is 5.73 Å². The van der Waals surface area contributed by atoms with E-state index in [1.807, 2.05) is 0 Å². The molecule has 2 amide bonds. The lowest BCUT2D eigenvalue weighted by atomic mass is 9.94. The van der Waals surface area contributed by atoms with Crippen molar-refractivity contribution in [1.29, 1.82) is 0 Å². The fourth-order valence-corrected chi connectivity index (χ4v) is 1.74. The number of β-amino-alcohol motifs (C(OH)–C–C–N with tert-alkyl or cyclic N) is 1. The summed E-state index contributed by atoms with van der Waals surface area (Å²) in [6.45, 7) is 5.53. The molecule has 86 valence electrons. The van der Waals surface area contributed by atoms with Crippen LogP contribution in [0.25, 0.3) is 0 Å². The summed E-state index contributed by atoms with van der Waals surface area (Å²) in [6.07, 6.45) is -0.397. The second-order valence-corrected chi connectivity index (χ2v) is 5.02. The van der Waals surface area contributed by atoms with E-state index in [1.165, 1.54) is 4.90 Å². The third kappa shape index (κ3) is 2.47. The van der Waals surface area contributed by atoms with Crippen molar-refractivity contribution in [2.45, 2.75) is 39.3 Å². The molecule has 5 nitrogen and oxygen atoms in total. The number of nitrogens with zero attached hydrogens (tertiary/aromatic N) is 1. The SMILES string of the molecule is CC(C)(C)C(=O)N1CC(O)CC1C(N)=O. The topological polar surface area (TPSA) is 83.6 Å². The van der Waals surface area contributed by atoms with Gasteiger partial charge in [-0.15, -0.1) is 0 Å². The van der Waals surface area contributed by atoms with E-state index in [2.05, 4.69) is 0 Å². The average Bonchev–Trinajstić information content (AvgIpc) is 2.44. The normalized spacial score (nSPS) is 26.8. The van der Waals surface area contributed by atoms with Crippen molar-refractivity contribution >= 4 is 11.8 Å². The van der Waals surface area contributed by atoms with Gasteiger partial charge in [0.25, 0.3) is 0 Å². The number of amides is 2. The molecular weight excluding hydrogens is 196 g/mol. The van der Waals surface area contributed by atoms with Crippen molar-refractivity contribution in [3.63, 3.8) is 0 Å². The summed E-state index contributed by atoms with van der Waals surface area (Å²) in [5.74, 6) is -0.702. The molecule has 1 rings (SSSR count). The molecule has 0 spiro atoms. The summed E-state index contributed by atoms with van der Waals surface area (Å²) in [5, 5.41) is 9.43. The fourth-order valence-electron chi connectivity index (χ4n) is 1.74. The molecule has 15 heavy (non-hydrogen) atoms. The number of hydrogen-bond donors (Lipinski definition) is 2. The van der Waals surface area contributed by atoms with Crippen LogP contribution >= 0.6 is 0 Å². The Bertz CT molecular complexity index is 283. The van der Waals surface area contributed by atoms with Gasteiger partial charge in [-0.2, -0.15) is 0 Å². The van der Waals surface area contributed by atoms with E-state index in [0.717, 1.165) is 0 Å². The molecule has 1 aliphatic rings. The smallest absolute Gasteiger partial charge is 0.240 e. The molecular formula is C10H18N2O3. The summed E-state index contributed by atoms with van der Waals surface area (Å²) in [7, 11) is 0. The van der Waals surface area contributed by atoms with Gasteiger partial charge in [0.15, 0.2) is 0 Å². The zero-order chi connectivity index (χ0) is 11.8. The minimum Gasteiger partial charge on any atom is -0.391 e. The molecule has 1 fully saturated rings. The second kappa shape index (κ2) is 3.81. The van der Waals surface area contributed by atoms with E-state index in [9.17, 15) is 14.7 Å². The van der Waals surface area contributed by atoms with Crippen LogP contribution in [-0.2, 0) is 9.59 Å². The maximum Gasteiger partial charge on any atom is 0.240 e. The van der Waals surface area contributed by atoms with Gasteiger partial charge in [0.1, 0.15) is 6.04 Å². The molecule has 1 heterocycles. The van der Waals surface area contributed by atoms with E-state index >= 15 is 0 Å². The van der Waals surface area contributed by atoms with Gasteiger partial charge >= 0.3 is 0 Å². The van der Waals surface area contributed by atoms with Crippen LogP contribution in [0.5, 0.6) is 0 Å². The number of carbonyl (C=O) groups excluding carboxylic acids is 2. The van der Waals surface area contributed by atoms with Gasteiger partial charge in [-0.05, 0) is 0 Å². The third-order valence-electron chi connectivity index (χ3n) is 2.51. The zero-order valence-corrected chi connectivity index (χ0v) is 9.36. The van der Waals surface area contributed by atoms with Crippen LogP contribution in [0.15, 0.2) is 0 Å². The highest BCUT2D eigenvalue weighted by Gasteiger charge is 2.41. The standard InChI is InChI=1S/C10H18N2O3/c1-10(2,3)9(15)12-5-6(13)4-7(12)8(11)14/h6-7,13H,4-5H2,1-3H3,(H2,11,14). The van der Waals surface area contributed by atoms with Gasteiger partial charge in [0.05, 0.1) is 6.10 Å². The number of carbonyl (C=O) groups is 2. The number of rotatable bonds is 1. The summed E-state index contributed by atoms with van der Waals surface area (Å²) >= 11 is 0. The average molecular weight is 214 g/mol. The summed E-state index contributed by atoms with van der Waals surface area (Å²) in [4.78, 5) is 24.4. The van der Waals surface area contributed by atoms with Gasteiger partial charge in [-0.25, -0.2) is 0 Å². The van der Waals surface area contributed by atoms with Crippen molar-refractivity contribution in [1.82, 2.24) is 4.90 Å². The Hall–Kier alpha value is -1.10. The minimum absolute atomic E-state index is 0.150. The Balaban J connectivity index is 2.85. The van der Waals surface area contributed by atoms with Crippen LogP contribution in [0.2, 0.25) is 0 Å². The third-order valence-corrected chi connectivity index (χ3v) is 2.51. The molecule has 3 N–H and O–H groups in total. The van der Waals surface area contributed by atoms with E-state index in [0.29, 0.717) is 0 Å². The Kier molecular flexibility index (Phi) is 3.04. The van der Waals surface area contributed by atoms with Crippen molar-refractivity contribution < 1.29 is 14.7 Å². The van der Waals surface area contributed by atoms with Gasteiger partial charge in [0, 0.05) is 18.4 Å². The van der Waals surface area contributed by atoms with Crippen LogP contribution in [0.4, 0.5) is 0 Å². The van der Waals surface area contributed by atoms with Crippen molar-refractivity contribution in [3.05, 3.63) is 0 Å². The first-order valence-corrected chi connectivity index (χ1v) is 5.02. The van der Waals surface area contributed by atoms with Crippen molar-refractivity contribution in [3.8, 4) is 0 Å². The minimum atomic E-state index is -0.660. The Morgan fingerprint density at radius 1 is 1.40 bits per heavy atom. The number of aliphatic hydroxyl groups excluding tert-OH is 1. The molecule has 5 heteroatoms. The number of likely N-dealkylation sites (tertiary alicyclic amines) is 1. The second-order valence-electron chi connectivity index (χ2n) is 5.02. The van der Waals surface area contributed by atoms with Crippen LogP contribution < -0.4 is 5.73 Å². The largest absolute Gasteiger partial charge is 0.391 e. The fraction of sp³-hybridized carbons (Fsp3) is 0.800. The first kappa shape index (κ1) is 12.0. The molecule has 1 saturated heterocycles. The number of nitrogens with two attached hydrogens (primary N) is 1. The van der Waals surface area contributed by atoms with E-state index in [1.54, 1.807) is 20.8 Å². The highest BCUT2D eigenvalue weighted by molar-refractivity contribution is 5.89. The van der Waals surface area contributed by atoms with Crippen LogP contribution in [-0.4, -0.2) is 40.5 Å². The molecule has 2 atom stereocenters. The summed E-state index contributed by atoms with van der Waals surface area (Å²) < 4.78 is 0. The van der Waals surface area contributed by atoms with Gasteiger partial charge in [-0.1, -0.05) is 20.8 Å². The van der Waals surface area contributed by atoms with Crippen LogP contribution in [0.1, 0.15) is 27.2 Å². The molecule has 0 aromatic heterocycles. The van der Waals surface area contributed by atoms with E-state index < -0.39 is 23.5 Å². The monoisotopic (exact) mass is 214 g/mol. The van der Waals surface area contributed by atoms with Crippen molar-refractivity contribution in [2.24, 2.45) is 11.1 Å². The molecule has 0 radical (unpaired) electrons. The Morgan fingerprint density at radius 3 is 2.33 bits per heavy atom. The molecule has 1 aliphatic heterocycles. The van der Waals surface area contributed by atoms with Crippen molar-refractivity contribution in [2.75, 3.05) is 6.54 Å². The zero-order valence-electron chi connectivity index (χ0n) is 9.36. The number of aliphatic hydroxyl groups is 1. The van der Waals surface area contributed by atoms with Gasteiger partial charge in [-0.3, -0.25) is 9.59 Å². The van der Waals surface area contributed by atoms with Crippen LogP contribution in [0, 0.1) is 5.41 Å². The number of hydrogen-bond acceptors (Lipinski definition) is 3. The molecule has 0 aromatic rings. The molecule has 0 saturated carbocycles. The predicted octanol–water partition coefficient (Wildman–Crippen LogP) is -0.520. The van der Waals surface area contributed by atoms with Gasteiger partial charge in [0.2, 0.25) is 11.8 Å². The first-order valence-electron chi connectivity index (χ1n) is 5.02. The van der Waals surface area contributed by atoms with Crippen LogP contribution in [0.3, 0.4) is 0 Å². The quantitative estimate of drug-likeness (QED) is 0.616. The maximum atomic E-state index is 11.9. The molecule has 0 bridgehead atoms. The lowest BCUT2D eigenvalue weighted by molar-refractivity contribution is -0.144. The summed E-state index contributed by atoms with van der Waals surface area (Å²) in [6, 6.07) is -0.660. The Labute approximate surface area is 89.2 Å². The van der Waals surface area contributed by atoms with E-state index in [-0.39, 0.29) is 18.9 Å². The molecule has 0 aromatic carbocycles. The maximum absolute atomic E-state index is 11.9. The summed E-state index contributed by atoms with van der Waals surface area (Å²) in [5.41, 5.74) is 4.63. The molecule has 2 unspecified atom stereocenters. The predicted molar refractivity (Wildman–Crippen MR) is 54.8 cm³/mol. The lowest BCUT2D eigenvalue weighted by Crippen LogP contribution is -2.47. The highest BCUT2D eigenvalue weighted by atomic mass is 16.3. The lowest BCUT2D eigenvalue weighted by Gasteiger charge is -2.29. The van der Waals surface area contributed by atoms with Gasteiger partial charge < -0.3 is 15.7 Å². The first-order chi connectivity index (χ1) is 6.73. The number of primary amides is 1. The molecule has 0 aliphatic carbocycles. The highest BCUT2D eigenvalue weighted by Crippen LogP contribution is 2.25. The Morgan fingerprint density at radius 2 is 1.93 bits per heavy atom.